The van der Waals surface area contributed by atoms with Crippen molar-refractivity contribution < 1.29 is 13.9 Å². The molecule has 0 spiro atoms. The molecule has 3 aromatic rings. The summed E-state index contributed by atoms with van der Waals surface area (Å²) in [6.45, 7) is 0. The number of ether oxygens (including phenoxy) is 2. The molecule has 0 bridgehead atoms. The van der Waals surface area contributed by atoms with Gasteiger partial charge >= 0.3 is 0 Å². The van der Waals surface area contributed by atoms with Gasteiger partial charge in [0.1, 0.15) is 10.8 Å². The lowest BCUT2D eigenvalue weighted by Crippen LogP contribution is -2.11. The lowest BCUT2D eigenvalue weighted by molar-refractivity contribution is 0.201. The quantitative estimate of drug-likeness (QED) is 0.633. The molecule has 1 aromatic heterocycles. The summed E-state index contributed by atoms with van der Waals surface area (Å²) in [5, 5.41) is 0.856. The Morgan fingerprint density at radius 1 is 1.08 bits per heavy atom. The van der Waals surface area contributed by atoms with E-state index in [0.717, 1.165) is 39.6 Å². The predicted molar refractivity (Wildman–Crippen MR) is 94.5 cm³/mol. The topological polar surface area (TPSA) is 31.4 Å². The monoisotopic (exact) mass is 343 g/mol. The van der Waals surface area contributed by atoms with E-state index in [9.17, 15) is 4.39 Å². The number of rotatable bonds is 4. The molecule has 0 amide bonds. The van der Waals surface area contributed by atoms with Crippen molar-refractivity contribution in [2.24, 2.45) is 0 Å². The zero-order chi connectivity index (χ0) is 16.5. The summed E-state index contributed by atoms with van der Waals surface area (Å²) >= 11 is 1.55. The first kappa shape index (κ1) is 15.4. The second kappa shape index (κ2) is 6.40. The number of halogens is 1. The van der Waals surface area contributed by atoms with Crippen molar-refractivity contribution in [1.29, 1.82) is 0 Å². The van der Waals surface area contributed by atoms with Crippen LogP contribution in [-0.4, -0.2) is 18.2 Å². The third-order valence-corrected chi connectivity index (χ3v) is 5.44. The zero-order valence-electron chi connectivity index (χ0n) is 13.4. The van der Waals surface area contributed by atoms with Crippen LogP contribution in [-0.2, 0) is 0 Å². The van der Waals surface area contributed by atoms with Crippen LogP contribution in [0.2, 0.25) is 0 Å². The third kappa shape index (κ3) is 2.96. The van der Waals surface area contributed by atoms with Crippen LogP contribution in [0.25, 0.3) is 20.8 Å². The van der Waals surface area contributed by atoms with Crippen LogP contribution in [0, 0.1) is 5.82 Å². The van der Waals surface area contributed by atoms with Gasteiger partial charge in [0.2, 0.25) is 0 Å². The van der Waals surface area contributed by atoms with Gasteiger partial charge in [0.25, 0.3) is 0 Å². The standard InChI is InChI=1S/C19H18FNO2S/c1-22-16-8-6-12(10-17(16)23-14-4-2-3-5-14)19-21-15-11-13(20)7-9-18(15)24-19/h6-11,14H,2-5H2,1H3. The van der Waals surface area contributed by atoms with Gasteiger partial charge in [-0.05, 0) is 56.0 Å². The molecule has 0 radical (unpaired) electrons. The number of hydrogen-bond acceptors (Lipinski definition) is 4. The zero-order valence-corrected chi connectivity index (χ0v) is 14.2. The van der Waals surface area contributed by atoms with Crippen molar-refractivity contribution in [3.8, 4) is 22.1 Å². The summed E-state index contributed by atoms with van der Waals surface area (Å²) in [5.41, 5.74) is 1.65. The van der Waals surface area contributed by atoms with Gasteiger partial charge < -0.3 is 9.47 Å². The minimum atomic E-state index is -0.265. The van der Waals surface area contributed by atoms with E-state index < -0.39 is 0 Å². The predicted octanol–water partition coefficient (Wildman–Crippen LogP) is 5.43. The number of thiazole rings is 1. The van der Waals surface area contributed by atoms with Gasteiger partial charge in [0.15, 0.2) is 11.5 Å². The van der Waals surface area contributed by atoms with Gasteiger partial charge in [0, 0.05) is 11.6 Å². The van der Waals surface area contributed by atoms with Gasteiger partial charge in [-0.15, -0.1) is 11.3 Å². The second-order valence-corrected chi connectivity index (χ2v) is 7.05. The van der Waals surface area contributed by atoms with Crippen molar-refractivity contribution >= 4 is 21.6 Å². The van der Waals surface area contributed by atoms with Crippen LogP contribution in [0.1, 0.15) is 25.7 Å². The maximum Gasteiger partial charge on any atom is 0.162 e. The fraction of sp³-hybridized carbons (Fsp3) is 0.316. The minimum absolute atomic E-state index is 0.263. The fourth-order valence-corrected chi connectivity index (χ4v) is 4.05. The van der Waals surface area contributed by atoms with Crippen LogP contribution in [0.4, 0.5) is 4.39 Å². The van der Waals surface area contributed by atoms with Crippen LogP contribution in [0.5, 0.6) is 11.5 Å². The maximum atomic E-state index is 13.4. The van der Waals surface area contributed by atoms with E-state index in [1.807, 2.05) is 18.2 Å². The van der Waals surface area contributed by atoms with Gasteiger partial charge in [-0.1, -0.05) is 0 Å². The highest BCUT2D eigenvalue weighted by Gasteiger charge is 2.19. The Morgan fingerprint density at radius 2 is 1.92 bits per heavy atom. The van der Waals surface area contributed by atoms with Crippen molar-refractivity contribution in [2.75, 3.05) is 7.11 Å². The summed E-state index contributed by atoms with van der Waals surface area (Å²) in [6.07, 6.45) is 4.88. The average Bonchev–Trinajstić information content (AvgIpc) is 3.23. The van der Waals surface area contributed by atoms with Crippen molar-refractivity contribution in [2.45, 2.75) is 31.8 Å². The molecular formula is C19H18FNO2S. The van der Waals surface area contributed by atoms with E-state index in [0.29, 0.717) is 5.52 Å². The van der Waals surface area contributed by atoms with E-state index in [-0.39, 0.29) is 11.9 Å². The Bertz CT molecular complexity index is 871. The Hall–Kier alpha value is -2.14. The molecule has 24 heavy (non-hydrogen) atoms. The van der Waals surface area contributed by atoms with Gasteiger partial charge in [0.05, 0.1) is 23.4 Å². The summed E-state index contributed by atoms with van der Waals surface area (Å²) in [6, 6.07) is 10.6. The molecule has 0 N–H and O–H groups in total. The molecule has 1 aliphatic rings. The average molecular weight is 343 g/mol. The Morgan fingerprint density at radius 3 is 2.71 bits per heavy atom. The normalized spacial score (nSPS) is 15.1. The molecule has 3 nitrogen and oxygen atoms in total. The Kier molecular flexibility index (Phi) is 4.10. The molecule has 0 saturated heterocycles. The van der Waals surface area contributed by atoms with Crippen molar-refractivity contribution in [3.63, 3.8) is 0 Å². The lowest BCUT2D eigenvalue weighted by atomic mass is 10.2. The largest absolute Gasteiger partial charge is 0.493 e. The van der Waals surface area contributed by atoms with E-state index in [1.54, 1.807) is 24.5 Å². The number of fused-ring (bicyclic) bond motifs is 1. The fourth-order valence-electron chi connectivity index (χ4n) is 3.11. The first-order valence-electron chi connectivity index (χ1n) is 8.14. The highest BCUT2D eigenvalue weighted by atomic mass is 32.1. The molecule has 2 aromatic carbocycles. The number of aromatic nitrogens is 1. The third-order valence-electron chi connectivity index (χ3n) is 4.36. The molecule has 4 rings (SSSR count). The van der Waals surface area contributed by atoms with Gasteiger partial charge in [-0.25, -0.2) is 9.37 Å². The van der Waals surface area contributed by atoms with E-state index in [4.69, 9.17) is 9.47 Å². The highest BCUT2D eigenvalue weighted by molar-refractivity contribution is 7.21. The second-order valence-electron chi connectivity index (χ2n) is 6.02. The molecule has 1 fully saturated rings. The van der Waals surface area contributed by atoms with Crippen molar-refractivity contribution in [3.05, 3.63) is 42.2 Å². The molecule has 1 aliphatic carbocycles. The molecule has 5 heteroatoms. The highest BCUT2D eigenvalue weighted by Crippen LogP contribution is 2.37. The lowest BCUT2D eigenvalue weighted by Gasteiger charge is -2.16. The van der Waals surface area contributed by atoms with Gasteiger partial charge in [-0.3, -0.25) is 0 Å². The summed E-state index contributed by atoms with van der Waals surface area (Å²) < 4.78 is 25.9. The minimum Gasteiger partial charge on any atom is -0.493 e. The number of nitrogens with zero attached hydrogens (tertiary/aromatic N) is 1. The van der Waals surface area contributed by atoms with E-state index in [1.165, 1.54) is 25.0 Å². The number of methoxy groups -OCH3 is 1. The molecule has 0 aliphatic heterocycles. The van der Waals surface area contributed by atoms with Crippen LogP contribution in [0.15, 0.2) is 36.4 Å². The first-order valence-corrected chi connectivity index (χ1v) is 8.96. The number of hydrogen-bond donors (Lipinski definition) is 0. The van der Waals surface area contributed by atoms with Gasteiger partial charge in [-0.2, -0.15) is 0 Å². The van der Waals surface area contributed by atoms with Crippen LogP contribution < -0.4 is 9.47 Å². The van der Waals surface area contributed by atoms with Crippen LogP contribution >= 0.6 is 11.3 Å². The summed E-state index contributed by atoms with van der Waals surface area (Å²) in [4.78, 5) is 4.55. The van der Waals surface area contributed by atoms with Crippen LogP contribution in [0.3, 0.4) is 0 Å². The molecule has 1 heterocycles. The molecule has 1 saturated carbocycles. The SMILES string of the molecule is COc1ccc(-c2nc3cc(F)ccc3s2)cc1OC1CCCC1. The molecular weight excluding hydrogens is 325 g/mol. The number of benzene rings is 2. The smallest absolute Gasteiger partial charge is 0.162 e. The van der Waals surface area contributed by atoms with Crippen molar-refractivity contribution in [1.82, 2.24) is 4.98 Å². The summed E-state index contributed by atoms with van der Waals surface area (Å²) in [7, 11) is 1.65. The van der Waals surface area contributed by atoms with E-state index >= 15 is 0 Å². The Balaban J connectivity index is 1.70. The van der Waals surface area contributed by atoms with E-state index in [2.05, 4.69) is 4.98 Å². The molecule has 124 valence electrons. The maximum absolute atomic E-state index is 13.4. The summed E-state index contributed by atoms with van der Waals surface area (Å²) in [5.74, 6) is 1.23. The molecule has 0 atom stereocenters. The Labute approximate surface area is 144 Å². The molecule has 0 unspecified atom stereocenters. The first-order chi connectivity index (χ1) is 11.7.